The maximum Gasteiger partial charge on any atom is 0.348 e. The average Bonchev–Trinajstić information content (AvgIpc) is 3.22. The Labute approximate surface area is 163 Å². The zero-order valence-corrected chi connectivity index (χ0v) is 16.2. The number of esters is 1. The number of para-hydroxylation sites is 1. The molecule has 0 saturated carbocycles. The fourth-order valence-electron chi connectivity index (χ4n) is 2.73. The number of hydrogen-bond acceptors (Lipinski definition) is 7. The van der Waals surface area contributed by atoms with Crippen molar-refractivity contribution < 1.29 is 14.3 Å². The van der Waals surface area contributed by atoms with Gasteiger partial charge in [-0.25, -0.2) is 19.3 Å². The molecule has 3 heterocycles. The molecule has 1 aromatic carbocycles. The highest BCUT2D eigenvalue weighted by molar-refractivity contribution is 7.20. The van der Waals surface area contributed by atoms with Gasteiger partial charge in [-0.3, -0.25) is 0 Å². The van der Waals surface area contributed by atoms with E-state index in [4.69, 9.17) is 21.1 Å². The lowest BCUT2D eigenvalue weighted by atomic mass is 10.2. The largest absolute Gasteiger partial charge is 0.484 e. The van der Waals surface area contributed by atoms with Crippen LogP contribution in [0.4, 0.5) is 0 Å². The number of thiophene rings is 1. The maximum absolute atomic E-state index is 12.2. The molecule has 0 aliphatic carbocycles. The summed E-state index contributed by atoms with van der Waals surface area (Å²) in [5.74, 6) is 0.711. The fraction of sp³-hybridized carbons (Fsp3) is 0.222. The van der Waals surface area contributed by atoms with Gasteiger partial charge in [-0.2, -0.15) is 0 Å². The topological polar surface area (TPSA) is 78.6 Å². The standard InChI is InChI=1S/C18H15ClN4O3S/c1-3-25-18(24)15-10(2)14-16-21-13(22-23(16)9-20-17(14)27-15)8-26-12-7-5-4-6-11(12)19/h4-7,9H,3,8H2,1-2H3. The molecule has 0 radical (unpaired) electrons. The SMILES string of the molecule is CCOC(=O)c1sc2ncn3nc(COc4ccccc4Cl)nc3c2c1C. The summed E-state index contributed by atoms with van der Waals surface area (Å²) in [5.41, 5.74) is 1.42. The van der Waals surface area contributed by atoms with Crippen LogP contribution in [-0.2, 0) is 11.3 Å². The molecule has 138 valence electrons. The first kappa shape index (κ1) is 17.7. The molecule has 0 amide bonds. The number of fused-ring (bicyclic) bond motifs is 3. The molecule has 3 aromatic heterocycles. The van der Waals surface area contributed by atoms with Crippen molar-refractivity contribution in [2.45, 2.75) is 20.5 Å². The number of hydrogen-bond donors (Lipinski definition) is 0. The van der Waals surface area contributed by atoms with Crippen molar-refractivity contribution in [3.63, 3.8) is 0 Å². The molecule has 27 heavy (non-hydrogen) atoms. The first-order chi connectivity index (χ1) is 13.1. The molecule has 0 aliphatic heterocycles. The summed E-state index contributed by atoms with van der Waals surface area (Å²) in [7, 11) is 0. The van der Waals surface area contributed by atoms with Crippen LogP contribution in [0.3, 0.4) is 0 Å². The molecule has 0 saturated heterocycles. The Morgan fingerprint density at radius 1 is 1.33 bits per heavy atom. The number of aromatic nitrogens is 4. The lowest BCUT2D eigenvalue weighted by Crippen LogP contribution is -2.03. The van der Waals surface area contributed by atoms with Gasteiger partial charge < -0.3 is 9.47 Å². The highest BCUT2D eigenvalue weighted by Crippen LogP contribution is 2.32. The van der Waals surface area contributed by atoms with Crippen molar-refractivity contribution in [2.75, 3.05) is 6.61 Å². The predicted molar refractivity (Wildman–Crippen MR) is 103 cm³/mol. The van der Waals surface area contributed by atoms with E-state index in [2.05, 4.69) is 15.1 Å². The zero-order valence-electron chi connectivity index (χ0n) is 14.6. The van der Waals surface area contributed by atoms with Gasteiger partial charge in [-0.05, 0) is 31.5 Å². The Morgan fingerprint density at radius 2 is 2.15 bits per heavy atom. The molecule has 0 aliphatic rings. The second-order valence-corrected chi connectivity index (χ2v) is 7.12. The van der Waals surface area contributed by atoms with E-state index in [1.54, 1.807) is 29.9 Å². The molecule has 0 N–H and O–H groups in total. The van der Waals surface area contributed by atoms with Gasteiger partial charge in [0.2, 0.25) is 0 Å². The van der Waals surface area contributed by atoms with E-state index in [9.17, 15) is 4.79 Å². The molecule has 0 atom stereocenters. The minimum atomic E-state index is -0.349. The summed E-state index contributed by atoms with van der Waals surface area (Å²) < 4.78 is 12.4. The fourth-order valence-corrected chi connectivity index (χ4v) is 3.96. The van der Waals surface area contributed by atoms with Crippen molar-refractivity contribution in [1.29, 1.82) is 0 Å². The van der Waals surface area contributed by atoms with Gasteiger partial charge in [-0.15, -0.1) is 16.4 Å². The van der Waals surface area contributed by atoms with E-state index < -0.39 is 0 Å². The Morgan fingerprint density at radius 3 is 2.93 bits per heavy atom. The summed E-state index contributed by atoms with van der Waals surface area (Å²) >= 11 is 7.40. The van der Waals surface area contributed by atoms with Crippen LogP contribution < -0.4 is 4.74 Å². The quantitative estimate of drug-likeness (QED) is 0.468. The Kier molecular flexibility index (Phi) is 4.67. The van der Waals surface area contributed by atoms with Crippen LogP contribution >= 0.6 is 22.9 Å². The van der Waals surface area contributed by atoms with Gasteiger partial charge in [-0.1, -0.05) is 23.7 Å². The monoisotopic (exact) mass is 402 g/mol. The summed E-state index contributed by atoms with van der Waals surface area (Å²) in [6, 6.07) is 7.22. The molecule has 0 fully saturated rings. The van der Waals surface area contributed by atoms with Crippen molar-refractivity contribution in [3.8, 4) is 5.75 Å². The number of carbonyl (C=O) groups excluding carboxylic acids is 1. The van der Waals surface area contributed by atoms with Crippen LogP contribution in [0, 0.1) is 6.92 Å². The minimum absolute atomic E-state index is 0.167. The third-order valence-electron chi connectivity index (χ3n) is 3.97. The number of halogens is 1. The lowest BCUT2D eigenvalue weighted by Gasteiger charge is -2.04. The number of nitrogens with zero attached hydrogens (tertiary/aromatic N) is 4. The number of benzene rings is 1. The first-order valence-corrected chi connectivity index (χ1v) is 9.45. The molecular weight excluding hydrogens is 388 g/mol. The Balaban J connectivity index is 1.70. The molecule has 0 spiro atoms. The molecule has 0 bridgehead atoms. The van der Waals surface area contributed by atoms with E-state index in [1.165, 1.54) is 11.3 Å². The van der Waals surface area contributed by atoms with E-state index in [-0.39, 0.29) is 12.6 Å². The number of aryl methyl sites for hydroxylation is 1. The van der Waals surface area contributed by atoms with E-state index in [0.717, 1.165) is 10.9 Å². The maximum atomic E-state index is 12.2. The van der Waals surface area contributed by atoms with Gasteiger partial charge in [0, 0.05) is 0 Å². The van der Waals surface area contributed by atoms with Crippen LogP contribution in [0.1, 0.15) is 28.0 Å². The third kappa shape index (κ3) is 3.22. The second-order valence-electron chi connectivity index (χ2n) is 5.72. The number of rotatable bonds is 5. The van der Waals surface area contributed by atoms with Gasteiger partial charge >= 0.3 is 5.97 Å². The van der Waals surface area contributed by atoms with Crippen LogP contribution in [0.25, 0.3) is 15.9 Å². The molecule has 7 nitrogen and oxygen atoms in total. The van der Waals surface area contributed by atoms with Crippen molar-refractivity contribution in [1.82, 2.24) is 19.6 Å². The van der Waals surface area contributed by atoms with Gasteiger partial charge in [0.25, 0.3) is 0 Å². The molecule has 0 unspecified atom stereocenters. The highest BCUT2D eigenvalue weighted by atomic mass is 35.5. The average molecular weight is 403 g/mol. The first-order valence-electron chi connectivity index (χ1n) is 8.26. The zero-order chi connectivity index (χ0) is 19.0. The second kappa shape index (κ2) is 7.13. The number of ether oxygens (including phenoxy) is 2. The Bertz CT molecular complexity index is 1150. The molecule has 9 heteroatoms. The van der Waals surface area contributed by atoms with Crippen molar-refractivity contribution in [3.05, 3.63) is 51.9 Å². The summed E-state index contributed by atoms with van der Waals surface area (Å²) in [5, 5.41) is 5.72. The minimum Gasteiger partial charge on any atom is -0.484 e. The smallest absolute Gasteiger partial charge is 0.348 e. The summed E-state index contributed by atoms with van der Waals surface area (Å²) in [4.78, 5) is 22.4. The Hall–Kier alpha value is -2.71. The summed E-state index contributed by atoms with van der Waals surface area (Å²) in [6.45, 7) is 4.13. The van der Waals surface area contributed by atoms with Crippen molar-refractivity contribution >= 4 is 44.8 Å². The molecular formula is C18H15ClN4O3S. The van der Waals surface area contributed by atoms with Crippen molar-refractivity contribution in [2.24, 2.45) is 0 Å². The number of carbonyl (C=O) groups is 1. The highest BCUT2D eigenvalue weighted by Gasteiger charge is 2.21. The van der Waals surface area contributed by atoms with Gasteiger partial charge in [0.1, 0.15) is 28.4 Å². The van der Waals surface area contributed by atoms with Gasteiger partial charge in [0.05, 0.1) is 17.0 Å². The van der Waals surface area contributed by atoms with Crippen LogP contribution in [0.15, 0.2) is 30.6 Å². The lowest BCUT2D eigenvalue weighted by molar-refractivity contribution is 0.0531. The van der Waals surface area contributed by atoms with Crippen LogP contribution in [-0.4, -0.2) is 32.2 Å². The van der Waals surface area contributed by atoms with Crippen LogP contribution in [0.5, 0.6) is 5.75 Å². The molecule has 4 rings (SSSR count). The normalized spacial score (nSPS) is 11.2. The van der Waals surface area contributed by atoms with E-state index >= 15 is 0 Å². The molecule has 4 aromatic rings. The van der Waals surface area contributed by atoms with E-state index in [0.29, 0.717) is 38.6 Å². The van der Waals surface area contributed by atoms with E-state index in [1.807, 2.05) is 19.1 Å². The third-order valence-corrected chi connectivity index (χ3v) is 5.46. The van der Waals surface area contributed by atoms with Gasteiger partial charge in [0.15, 0.2) is 11.5 Å². The summed E-state index contributed by atoms with van der Waals surface area (Å²) in [6.07, 6.45) is 1.58. The predicted octanol–water partition coefficient (Wildman–Crippen LogP) is 4.06. The van der Waals surface area contributed by atoms with Crippen LogP contribution in [0.2, 0.25) is 5.02 Å².